The lowest BCUT2D eigenvalue weighted by Crippen LogP contribution is -2.47. The van der Waals surface area contributed by atoms with Crippen molar-refractivity contribution in [3.63, 3.8) is 0 Å². The molecule has 8 nitrogen and oxygen atoms in total. The lowest BCUT2D eigenvalue weighted by atomic mass is 9.81. The van der Waals surface area contributed by atoms with E-state index in [1.807, 2.05) is 0 Å². The number of nitrogens with zero attached hydrogens (tertiary/aromatic N) is 2. The highest BCUT2D eigenvalue weighted by atomic mass is 19.1. The number of carbonyl (C=O) groups is 2. The van der Waals surface area contributed by atoms with Crippen molar-refractivity contribution in [3.05, 3.63) is 65.5 Å². The fourth-order valence-electron chi connectivity index (χ4n) is 6.06. The quantitative estimate of drug-likeness (QED) is 0.417. The smallest absolute Gasteiger partial charge is 0.254 e. The van der Waals surface area contributed by atoms with E-state index in [2.05, 4.69) is 10.2 Å². The number of halogens is 1. The fraction of sp³-hybridized carbons (Fsp3) is 0.548. The maximum absolute atomic E-state index is 13.8. The Balaban J connectivity index is 1.53. The van der Waals surface area contributed by atoms with E-state index < -0.39 is 6.04 Å². The summed E-state index contributed by atoms with van der Waals surface area (Å²) < 4.78 is 24.2. The summed E-state index contributed by atoms with van der Waals surface area (Å²) in [5, 5.41) is 3.17. The van der Waals surface area contributed by atoms with Crippen molar-refractivity contribution in [2.75, 3.05) is 47.0 Å². The molecule has 1 aliphatic carbocycles. The van der Waals surface area contributed by atoms with Crippen LogP contribution in [-0.4, -0.2) is 80.7 Å². The molecule has 218 valence electrons. The number of nitrogens with two attached hydrogens (primary N) is 1. The molecular formula is C31H43FN4O4. The van der Waals surface area contributed by atoms with E-state index in [0.29, 0.717) is 68.9 Å². The standard InChI is InChI=1S/C31H43FN4O4/c1-39-14-13-35(20-22-9-11-26(32)12-10-22)27-17-29(30(37)34-19-24-6-3-5-23(15-24)18-33)36(21-27)31(38)25-7-4-8-28(16-25)40-2/h4,7-12,16,23-24,27,29H,3,5-6,13-15,17-21,33H2,1-2H3,(H,34,37). The first kappa shape index (κ1) is 30.0. The zero-order chi connectivity index (χ0) is 28.5. The largest absolute Gasteiger partial charge is 0.497 e. The van der Waals surface area contributed by atoms with E-state index in [0.717, 1.165) is 31.2 Å². The van der Waals surface area contributed by atoms with Crippen molar-refractivity contribution in [1.82, 2.24) is 15.1 Å². The first-order valence-corrected chi connectivity index (χ1v) is 14.3. The summed E-state index contributed by atoms with van der Waals surface area (Å²) in [5.41, 5.74) is 7.36. The summed E-state index contributed by atoms with van der Waals surface area (Å²) in [5.74, 6) is 0.905. The summed E-state index contributed by atoms with van der Waals surface area (Å²) in [6.07, 6.45) is 4.90. The third-order valence-corrected chi connectivity index (χ3v) is 8.35. The van der Waals surface area contributed by atoms with Crippen LogP contribution in [0.1, 0.15) is 48.0 Å². The zero-order valence-electron chi connectivity index (χ0n) is 23.7. The Labute approximate surface area is 237 Å². The Morgan fingerprint density at radius 2 is 1.88 bits per heavy atom. The molecule has 1 heterocycles. The van der Waals surface area contributed by atoms with Gasteiger partial charge >= 0.3 is 0 Å². The molecule has 2 fully saturated rings. The van der Waals surface area contributed by atoms with E-state index in [1.54, 1.807) is 55.5 Å². The molecule has 4 rings (SSSR count). The highest BCUT2D eigenvalue weighted by Gasteiger charge is 2.42. The number of methoxy groups -OCH3 is 2. The molecule has 2 aromatic carbocycles. The normalized spacial score (nSPS) is 22.9. The van der Waals surface area contributed by atoms with E-state index in [4.69, 9.17) is 15.2 Å². The molecule has 1 saturated heterocycles. The second-order valence-corrected chi connectivity index (χ2v) is 11.1. The molecule has 4 unspecified atom stereocenters. The molecule has 1 saturated carbocycles. The number of hydrogen-bond donors (Lipinski definition) is 2. The van der Waals surface area contributed by atoms with Crippen molar-refractivity contribution < 1.29 is 23.5 Å². The number of likely N-dealkylation sites (tertiary alicyclic amines) is 1. The number of nitrogens with one attached hydrogen (secondary N) is 1. The Kier molecular flexibility index (Phi) is 10.9. The van der Waals surface area contributed by atoms with Gasteiger partial charge in [-0.15, -0.1) is 0 Å². The molecule has 1 aliphatic heterocycles. The van der Waals surface area contributed by atoms with Crippen LogP contribution in [0.2, 0.25) is 0 Å². The first-order valence-electron chi connectivity index (χ1n) is 14.3. The third kappa shape index (κ3) is 7.80. The molecule has 3 N–H and O–H groups in total. The highest BCUT2D eigenvalue weighted by molar-refractivity contribution is 5.98. The van der Waals surface area contributed by atoms with Crippen LogP contribution in [-0.2, 0) is 16.1 Å². The van der Waals surface area contributed by atoms with Gasteiger partial charge < -0.3 is 25.4 Å². The van der Waals surface area contributed by atoms with Crippen LogP contribution < -0.4 is 15.8 Å². The van der Waals surface area contributed by atoms with Gasteiger partial charge in [-0.25, -0.2) is 4.39 Å². The van der Waals surface area contributed by atoms with Crippen molar-refractivity contribution >= 4 is 11.8 Å². The predicted molar refractivity (Wildman–Crippen MR) is 152 cm³/mol. The fourth-order valence-corrected chi connectivity index (χ4v) is 6.06. The van der Waals surface area contributed by atoms with E-state index >= 15 is 0 Å². The number of carbonyl (C=O) groups excluding carboxylic acids is 2. The summed E-state index contributed by atoms with van der Waals surface area (Å²) in [7, 11) is 3.22. The number of rotatable bonds is 12. The minimum absolute atomic E-state index is 0.0678. The van der Waals surface area contributed by atoms with Crippen molar-refractivity contribution in [1.29, 1.82) is 0 Å². The van der Waals surface area contributed by atoms with Crippen molar-refractivity contribution in [2.24, 2.45) is 17.6 Å². The average molecular weight is 555 g/mol. The lowest BCUT2D eigenvalue weighted by molar-refractivity contribution is -0.125. The van der Waals surface area contributed by atoms with Gasteiger partial charge in [-0.2, -0.15) is 0 Å². The van der Waals surface area contributed by atoms with Gasteiger partial charge in [0.15, 0.2) is 0 Å². The lowest BCUT2D eigenvalue weighted by Gasteiger charge is -2.29. The summed E-state index contributed by atoms with van der Waals surface area (Å²) in [6, 6.07) is 12.8. The molecule has 40 heavy (non-hydrogen) atoms. The molecular weight excluding hydrogens is 511 g/mol. The van der Waals surface area contributed by atoms with E-state index in [-0.39, 0.29) is 23.7 Å². The van der Waals surface area contributed by atoms with E-state index in [9.17, 15) is 14.0 Å². The topological polar surface area (TPSA) is 97.1 Å². The SMILES string of the molecule is COCCN(Cc1ccc(F)cc1)C1CC(C(=O)NCC2CCCC(CN)C2)N(C(=O)c2cccc(OC)c2)C1. The van der Waals surface area contributed by atoms with Crippen LogP contribution in [0.15, 0.2) is 48.5 Å². The highest BCUT2D eigenvalue weighted by Crippen LogP contribution is 2.29. The minimum Gasteiger partial charge on any atom is -0.497 e. The van der Waals surface area contributed by atoms with Crippen LogP contribution in [0, 0.1) is 17.7 Å². The summed E-state index contributed by atoms with van der Waals surface area (Å²) in [6.45, 7) is 3.37. The van der Waals surface area contributed by atoms with Crippen LogP contribution in [0.5, 0.6) is 5.75 Å². The average Bonchev–Trinajstić information content (AvgIpc) is 3.44. The monoisotopic (exact) mass is 554 g/mol. The van der Waals surface area contributed by atoms with Gasteiger partial charge in [-0.05, 0) is 80.0 Å². The third-order valence-electron chi connectivity index (χ3n) is 8.35. The summed E-state index contributed by atoms with van der Waals surface area (Å²) in [4.78, 5) is 31.4. The molecule has 2 aliphatic rings. The van der Waals surface area contributed by atoms with Gasteiger partial charge in [0, 0.05) is 44.9 Å². The Bertz CT molecular complexity index is 1110. The molecule has 0 spiro atoms. The van der Waals surface area contributed by atoms with Gasteiger partial charge in [0.1, 0.15) is 17.6 Å². The Morgan fingerprint density at radius 3 is 2.60 bits per heavy atom. The number of hydrogen-bond acceptors (Lipinski definition) is 6. The number of benzene rings is 2. The summed E-state index contributed by atoms with van der Waals surface area (Å²) >= 11 is 0. The van der Waals surface area contributed by atoms with Crippen LogP contribution in [0.3, 0.4) is 0 Å². The first-order chi connectivity index (χ1) is 19.4. The van der Waals surface area contributed by atoms with Gasteiger partial charge in [0.2, 0.25) is 5.91 Å². The van der Waals surface area contributed by atoms with E-state index in [1.165, 1.54) is 12.1 Å². The Hall–Kier alpha value is -3.01. The van der Waals surface area contributed by atoms with Gasteiger partial charge in [0.25, 0.3) is 5.91 Å². The number of ether oxygens (including phenoxy) is 2. The number of amides is 2. The minimum atomic E-state index is -0.601. The van der Waals surface area contributed by atoms with Crippen LogP contribution in [0.4, 0.5) is 4.39 Å². The zero-order valence-corrected chi connectivity index (χ0v) is 23.7. The second kappa shape index (κ2) is 14.6. The van der Waals surface area contributed by atoms with Crippen LogP contribution >= 0.6 is 0 Å². The maximum atomic E-state index is 13.8. The molecule has 0 bridgehead atoms. The molecule has 0 radical (unpaired) electrons. The van der Waals surface area contributed by atoms with Gasteiger partial charge in [-0.1, -0.05) is 24.6 Å². The molecule has 2 aromatic rings. The maximum Gasteiger partial charge on any atom is 0.254 e. The Morgan fingerprint density at radius 1 is 1.10 bits per heavy atom. The van der Waals surface area contributed by atoms with Crippen molar-refractivity contribution in [2.45, 2.75) is 50.7 Å². The molecule has 2 amide bonds. The molecule has 0 aromatic heterocycles. The van der Waals surface area contributed by atoms with Gasteiger partial charge in [-0.3, -0.25) is 14.5 Å². The molecule has 4 atom stereocenters. The molecule has 9 heteroatoms. The predicted octanol–water partition coefficient (Wildman–Crippen LogP) is 3.45. The van der Waals surface area contributed by atoms with Crippen molar-refractivity contribution in [3.8, 4) is 5.75 Å². The second-order valence-electron chi connectivity index (χ2n) is 11.1. The van der Waals surface area contributed by atoms with Gasteiger partial charge in [0.05, 0.1) is 13.7 Å². The van der Waals surface area contributed by atoms with Crippen LogP contribution in [0.25, 0.3) is 0 Å².